The van der Waals surface area contributed by atoms with Gasteiger partial charge in [0.15, 0.2) is 6.04 Å². The van der Waals surface area contributed by atoms with Crippen LogP contribution in [0.15, 0.2) is 53.5 Å². The van der Waals surface area contributed by atoms with E-state index in [9.17, 15) is 9.59 Å². The molecular formula is C31H40N2O4. The molecule has 1 aliphatic heterocycles. The van der Waals surface area contributed by atoms with Gasteiger partial charge in [0.2, 0.25) is 11.8 Å². The Morgan fingerprint density at radius 1 is 0.973 bits per heavy atom. The summed E-state index contributed by atoms with van der Waals surface area (Å²) in [6, 6.07) is 15.7. The minimum Gasteiger partial charge on any atom is -0.481 e. The Hall–Kier alpha value is -3.15. The van der Waals surface area contributed by atoms with Gasteiger partial charge in [-0.25, -0.2) is 4.99 Å². The van der Waals surface area contributed by atoms with Gasteiger partial charge in [0, 0.05) is 18.5 Å². The van der Waals surface area contributed by atoms with Crippen LogP contribution in [0.1, 0.15) is 86.5 Å². The molecule has 1 heterocycles. The zero-order chi connectivity index (χ0) is 25.9. The van der Waals surface area contributed by atoms with Crippen LogP contribution in [0.4, 0.5) is 0 Å². The van der Waals surface area contributed by atoms with Gasteiger partial charge in [0.1, 0.15) is 6.61 Å². The fourth-order valence-corrected chi connectivity index (χ4v) is 5.53. The first-order valence-corrected chi connectivity index (χ1v) is 14.0. The monoisotopic (exact) mass is 504 g/mol. The molecule has 2 aliphatic rings. The first-order chi connectivity index (χ1) is 18.1. The maximum atomic E-state index is 12.8. The number of ether oxygens (including phenoxy) is 1. The number of nitrogens with zero attached hydrogens (tertiary/aromatic N) is 1. The standard InChI is InChI=1S/C31H40N2O4/c34-29(35)19-10-17-25-16-9-18-26(27(25)21-24-14-5-2-6-15-24)31-33-28(22-37-31)30(36)32-20-8-7-13-23-11-3-1-4-12-23/h2,5-6,9,14-16,18,23,28H,1,3-4,7-8,10-13,17,19-22H2,(H,32,36)(H,34,35). The van der Waals surface area contributed by atoms with Crippen LogP contribution in [0.2, 0.25) is 0 Å². The molecule has 0 saturated heterocycles. The van der Waals surface area contributed by atoms with Crippen LogP contribution in [0.25, 0.3) is 0 Å². The van der Waals surface area contributed by atoms with Gasteiger partial charge >= 0.3 is 5.97 Å². The molecule has 4 rings (SSSR count). The van der Waals surface area contributed by atoms with E-state index in [1.54, 1.807) is 0 Å². The van der Waals surface area contributed by atoms with Crippen molar-refractivity contribution >= 4 is 17.8 Å². The normalized spacial score (nSPS) is 17.7. The second kappa shape index (κ2) is 14.0. The number of hydrogen-bond acceptors (Lipinski definition) is 4. The highest BCUT2D eigenvalue weighted by molar-refractivity contribution is 5.99. The molecule has 37 heavy (non-hydrogen) atoms. The number of carbonyl (C=O) groups excluding carboxylic acids is 1. The number of aliphatic carboxylic acids is 1. The maximum absolute atomic E-state index is 12.8. The van der Waals surface area contributed by atoms with Crippen LogP contribution in [0.5, 0.6) is 0 Å². The Morgan fingerprint density at radius 3 is 2.57 bits per heavy atom. The largest absolute Gasteiger partial charge is 0.481 e. The molecule has 2 aromatic carbocycles. The lowest BCUT2D eigenvalue weighted by molar-refractivity contribution is -0.137. The zero-order valence-electron chi connectivity index (χ0n) is 21.8. The molecule has 6 heteroatoms. The number of rotatable bonds is 13. The summed E-state index contributed by atoms with van der Waals surface area (Å²) < 4.78 is 5.95. The van der Waals surface area contributed by atoms with Gasteiger partial charge < -0.3 is 15.2 Å². The lowest BCUT2D eigenvalue weighted by atomic mass is 9.86. The van der Waals surface area contributed by atoms with Crippen LogP contribution in [0, 0.1) is 5.92 Å². The summed E-state index contributed by atoms with van der Waals surface area (Å²) in [6.45, 7) is 0.933. The maximum Gasteiger partial charge on any atom is 0.303 e. The third-order valence-corrected chi connectivity index (χ3v) is 7.58. The van der Waals surface area contributed by atoms with E-state index in [1.165, 1.54) is 38.5 Å². The molecule has 1 fully saturated rings. The van der Waals surface area contributed by atoms with Gasteiger partial charge in [-0.05, 0) is 54.4 Å². The quantitative estimate of drug-likeness (QED) is 0.343. The van der Waals surface area contributed by atoms with Crippen LogP contribution in [-0.2, 0) is 27.2 Å². The summed E-state index contributed by atoms with van der Waals surface area (Å²) in [5.41, 5.74) is 4.23. The predicted molar refractivity (Wildman–Crippen MR) is 146 cm³/mol. The van der Waals surface area contributed by atoms with Gasteiger partial charge in [0.25, 0.3) is 0 Å². The van der Waals surface area contributed by atoms with Crippen LogP contribution >= 0.6 is 0 Å². The number of hydrogen-bond donors (Lipinski definition) is 2. The smallest absolute Gasteiger partial charge is 0.303 e. The number of carboxylic acids is 1. The molecule has 6 nitrogen and oxygen atoms in total. The summed E-state index contributed by atoms with van der Waals surface area (Å²) in [5.74, 6) is 0.523. The minimum atomic E-state index is -0.785. The number of nitrogens with one attached hydrogen (secondary N) is 1. The summed E-state index contributed by atoms with van der Waals surface area (Å²) in [4.78, 5) is 28.5. The van der Waals surface area contributed by atoms with Gasteiger partial charge in [0.05, 0.1) is 0 Å². The zero-order valence-corrected chi connectivity index (χ0v) is 21.8. The highest BCUT2D eigenvalue weighted by atomic mass is 16.5. The molecule has 1 atom stereocenters. The second-order valence-corrected chi connectivity index (χ2v) is 10.4. The van der Waals surface area contributed by atoms with Crippen LogP contribution in [0.3, 0.4) is 0 Å². The molecule has 1 aliphatic carbocycles. The van der Waals surface area contributed by atoms with Crippen molar-refractivity contribution in [3.8, 4) is 0 Å². The van der Waals surface area contributed by atoms with E-state index >= 15 is 0 Å². The number of unbranched alkanes of at least 4 members (excludes halogenated alkanes) is 1. The molecule has 0 bridgehead atoms. The molecule has 0 spiro atoms. The fourth-order valence-electron chi connectivity index (χ4n) is 5.53. The minimum absolute atomic E-state index is 0.0742. The summed E-state index contributed by atoms with van der Waals surface area (Å²) in [5, 5.41) is 12.1. The molecule has 0 radical (unpaired) electrons. The first kappa shape index (κ1) is 26.9. The van der Waals surface area contributed by atoms with Gasteiger partial charge in [-0.1, -0.05) is 87.4 Å². The van der Waals surface area contributed by atoms with Gasteiger partial charge in [-0.2, -0.15) is 0 Å². The SMILES string of the molecule is O=C(O)CCCc1cccc(C2=NC(C(=O)NCCCCC3CCCCC3)CO2)c1Cc1ccccc1. The van der Waals surface area contributed by atoms with Crippen molar-refractivity contribution in [3.05, 3.63) is 70.8 Å². The van der Waals surface area contributed by atoms with Crippen molar-refractivity contribution in [2.75, 3.05) is 13.2 Å². The third kappa shape index (κ3) is 8.17. The lowest BCUT2D eigenvalue weighted by Gasteiger charge is -2.21. The third-order valence-electron chi connectivity index (χ3n) is 7.58. The van der Waals surface area contributed by atoms with Crippen molar-refractivity contribution < 1.29 is 19.4 Å². The van der Waals surface area contributed by atoms with Gasteiger partial charge in [-0.3, -0.25) is 9.59 Å². The molecule has 2 N–H and O–H groups in total. The van der Waals surface area contributed by atoms with Crippen molar-refractivity contribution in [2.24, 2.45) is 10.9 Å². The van der Waals surface area contributed by atoms with E-state index in [4.69, 9.17) is 9.84 Å². The van der Waals surface area contributed by atoms with E-state index in [0.29, 0.717) is 31.7 Å². The predicted octanol–water partition coefficient (Wildman–Crippen LogP) is 5.70. The Balaban J connectivity index is 1.38. The molecule has 0 aromatic heterocycles. The van der Waals surface area contributed by atoms with Crippen molar-refractivity contribution in [1.29, 1.82) is 0 Å². The number of carboxylic acid groups (broad SMARTS) is 1. The fraction of sp³-hybridized carbons (Fsp3) is 0.516. The van der Waals surface area contributed by atoms with Gasteiger partial charge in [-0.15, -0.1) is 0 Å². The van der Waals surface area contributed by atoms with E-state index in [-0.39, 0.29) is 18.9 Å². The summed E-state index contributed by atoms with van der Waals surface area (Å²) >= 11 is 0. The Labute approximate surface area is 220 Å². The molecule has 198 valence electrons. The number of aryl methyl sites for hydroxylation is 1. The summed E-state index contributed by atoms with van der Waals surface area (Å²) in [7, 11) is 0. The highest BCUT2D eigenvalue weighted by Crippen LogP contribution is 2.28. The van der Waals surface area contributed by atoms with Crippen LogP contribution < -0.4 is 5.32 Å². The molecule has 1 saturated carbocycles. The van der Waals surface area contributed by atoms with E-state index in [1.807, 2.05) is 30.3 Å². The number of amides is 1. The molecule has 1 unspecified atom stereocenters. The van der Waals surface area contributed by atoms with Crippen LogP contribution in [-0.4, -0.2) is 42.1 Å². The Bertz CT molecular complexity index is 1060. The van der Waals surface area contributed by atoms with E-state index in [2.05, 4.69) is 28.5 Å². The Kier molecular flexibility index (Phi) is 10.2. The second-order valence-electron chi connectivity index (χ2n) is 10.4. The van der Waals surface area contributed by atoms with E-state index < -0.39 is 12.0 Å². The number of benzene rings is 2. The first-order valence-electron chi connectivity index (χ1n) is 14.0. The number of aliphatic imine (C=N–C) groups is 1. The highest BCUT2D eigenvalue weighted by Gasteiger charge is 2.28. The topological polar surface area (TPSA) is 88.0 Å². The van der Waals surface area contributed by atoms with Crippen molar-refractivity contribution in [2.45, 2.75) is 83.1 Å². The Morgan fingerprint density at radius 2 is 1.78 bits per heavy atom. The molecule has 2 aromatic rings. The average molecular weight is 505 g/mol. The van der Waals surface area contributed by atoms with E-state index in [0.717, 1.165) is 41.0 Å². The van der Waals surface area contributed by atoms with Crippen molar-refractivity contribution in [3.63, 3.8) is 0 Å². The summed E-state index contributed by atoms with van der Waals surface area (Å²) in [6.07, 6.45) is 12.4. The molecular weight excluding hydrogens is 464 g/mol. The average Bonchev–Trinajstić information content (AvgIpc) is 3.41. The molecule has 1 amide bonds. The van der Waals surface area contributed by atoms with Crippen molar-refractivity contribution in [1.82, 2.24) is 5.32 Å². The number of carbonyl (C=O) groups is 2. The lowest BCUT2D eigenvalue weighted by Crippen LogP contribution is -2.34.